The molecular weight excluding hydrogens is 284 g/mol. The number of halogens is 1. The van der Waals surface area contributed by atoms with Gasteiger partial charge in [-0.2, -0.15) is 0 Å². The molecule has 1 heterocycles. The third-order valence-electron chi connectivity index (χ3n) is 3.39. The van der Waals surface area contributed by atoms with E-state index in [9.17, 15) is 8.42 Å². The molecule has 108 valence electrons. The summed E-state index contributed by atoms with van der Waals surface area (Å²) >= 11 is 0. The van der Waals surface area contributed by atoms with Gasteiger partial charge in [-0.3, -0.25) is 4.90 Å². The fourth-order valence-corrected chi connectivity index (χ4v) is 3.48. The molecule has 1 aromatic rings. The molecule has 0 aliphatic carbocycles. The molecule has 0 unspecified atom stereocenters. The van der Waals surface area contributed by atoms with Gasteiger partial charge in [-0.05, 0) is 19.1 Å². The van der Waals surface area contributed by atoms with Crippen molar-refractivity contribution in [1.82, 2.24) is 10.2 Å². The van der Waals surface area contributed by atoms with Crippen LogP contribution < -0.4 is 5.32 Å². The summed E-state index contributed by atoms with van der Waals surface area (Å²) in [5.41, 5.74) is 0. The quantitative estimate of drug-likeness (QED) is 0.907. The Morgan fingerprint density at radius 3 is 2.63 bits per heavy atom. The van der Waals surface area contributed by atoms with Crippen LogP contribution in [0.5, 0.6) is 0 Å². The minimum atomic E-state index is -3.15. The number of hydrogen-bond acceptors (Lipinski definition) is 4. The lowest BCUT2D eigenvalue weighted by Crippen LogP contribution is -2.50. The van der Waals surface area contributed by atoms with E-state index in [4.69, 9.17) is 0 Å². The topological polar surface area (TPSA) is 49.4 Å². The molecule has 1 atom stereocenters. The van der Waals surface area contributed by atoms with Gasteiger partial charge in [0, 0.05) is 32.2 Å². The summed E-state index contributed by atoms with van der Waals surface area (Å²) in [7, 11) is -3.15. The first-order valence-electron chi connectivity index (χ1n) is 6.32. The lowest BCUT2D eigenvalue weighted by Gasteiger charge is -2.33. The van der Waals surface area contributed by atoms with E-state index in [1.807, 2.05) is 6.07 Å². The van der Waals surface area contributed by atoms with Crippen molar-refractivity contribution in [1.29, 1.82) is 0 Å². The standard InChI is InChI=1S/C13H20N2O2S.ClH/c1-12-11-14-7-8-15(12)9-10-18(16,17)13-5-3-2-4-6-13;/h2-6,12,14H,7-11H2,1H3;1H/t12-;/m0./s1. The summed E-state index contributed by atoms with van der Waals surface area (Å²) in [5.74, 6) is 0.196. The van der Waals surface area contributed by atoms with Crippen molar-refractivity contribution < 1.29 is 8.42 Å². The summed E-state index contributed by atoms with van der Waals surface area (Å²) in [4.78, 5) is 2.66. The van der Waals surface area contributed by atoms with Gasteiger partial charge in [-0.1, -0.05) is 18.2 Å². The maximum atomic E-state index is 12.1. The third-order valence-corrected chi connectivity index (χ3v) is 5.10. The van der Waals surface area contributed by atoms with Crippen LogP contribution in [-0.4, -0.2) is 51.3 Å². The Hall–Kier alpha value is -0.620. The van der Waals surface area contributed by atoms with Crippen molar-refractivity contribution in [2.75, 3.05) is 31.9 Å². The summed E-state index contributed by atoms with van der Waals surface area (Å²) < 4.78 is 24.3. The van der Waals surface area contributed by atoms with E-state index in [1.54, 1.807) is 24.3 Å². The Bertz CT molecular complexity index is 479. The number of nitrogens with one attached hydrogen (secondary N) is 1. The molecule has 2 rings (SSSR count). The molecule has 0 amide bonds. The van der Waals surface area contributed by atoms with E-state index < -0.39 is 9.84 Å². The summed E-state index contributed by atoms with van der Waals surface area (Å²) in [5, 5.41) is 3.30. The average Bonchev–Trinajstić information content (AvgIpc) is 2.39. The minimum absolute atomic E-state index is 0. The second-order valence-corrected chi connectivity index (χ2v) is 6.83. The van der Waals surface area contributed by atoms with Crippen molar-refractivity contribution in [3.05, 3.63) is 30.3 Å². The highest BCUT2D eigenvalue weighted by Crippen LogP contribution is 2.11. The maximum absolute atomic E-state index is 12.1. The van der Waals surface area contributed by atoms with E-state index in [1.165, 1.54) is 0 Å². The highest BCUT2D eigenvalue weighted by Gasteiger charge is 2.21. The van der Waals surface area contributed by atoms with Crippen LogP contribution in [0.2, 0.25) is 0 Å². The van der Waals surface area contributed by atoms with E-state index in [2.05, 4.69) is 17.1 Å². The largest absolute Gasteiger partial charge is 0.314 e. The zero-order valence-electron chi connectivity index (χ0n) is 11.1. The molecular formula is C13H21ClN2O2S. The monoisotopic (exact) mass is 304 g/mol. The second-order valence-electron chi connectivity index (χ2n) is 4.72. The third kappa shape index (κ3) is 4.45. The number of piperazine rings is 1. The summed E-state index contributed by atoms with van der Waals surface area (Å²) in [6.45, 7) is 5.54. The number of rotatable bonds is 4. The first-order valence-corrected chi connectivity index (χ1v) is 7.97. The molecule has 0 radical (unpaired) electrons. The van der Waals surface area contributed by atoms with Crippen LogP contribution in [0.25, 0.3) is 0 Å². The predicted molar refractivity (Wildman–Crippen MR) is 79.6 cm³/mol. The summed E-state index contributed by atoms with van der Waals surface area (Å²) in [6.07, 6.45) is 0. The molecule has 1 aliphatic heterocycles. The van der Waals surface area contributed by atoms with Gasteiger partial charge < -0.3 is 5.32 Å². The lowest BCUT2D eigenvalue weighted by molar-refractivity contribution is 0.184. The molecule has 6 heteroatoms. The molecule has 19 heavy (non-hydrogen) atoms. The average molecular weight is 305 g/mol. The first-order chi connectivity index (χ1) is 8.59. The smallest absolute Gasteiger partial charge is 0.179 e. The van der Waals surface area contributed by atoms with Gasteiger partial charge in [0.1, 0.15) is 0 Å². The zero-order chi connectivity index (χ0) is 13.0. The van der Waals surface area contributed by atoms with Crippen LogP contribution in [0, 0.1) is 0 Å². The zero-order valence-corrected chi connectivity index (χ0v) is 12.7. The molecule has 1 aliphatic rings. The lowest BCUT2D eigenvalue weighted by atomic mass is 10.2. The Morgan fingerprint density at radius 2 is 2.00 bits per heavy atom. The van der Waals surface area contributed by atoms with Gasteiger partial charge in [0.25, 0.3) is 0 Å². The van der Waals surface area contributed by atoms with E-state index in [0.29, 0.717) is 17.5 Å². The molecule has 0 aromatic heterocycles. The van der Waals surface area contributed by atoms with E-state index in [-0.39, 0.29) is 18.2 Å². The minimum Gasteiger partial charge on any atom is -0.314 e. The Morgan fingerprint density at radius 1 is 1.32 bits per heavy atom. The first kappa shape index (κ1) is 16.4. The van der Waals surface area contributed by atoms with Gasteiger partial charge in [-0.15, -0.1) is 12.4 Å². The Labute approximate surface area is 121 Å². The van der Waals surface area contributed by atoms with Gasteiger partial charge in [0.05, 0.1) is 10.6 Å². The Kier molecular flexibility index (Phi) is 6.26. The Balaban J connectivity index is 0.00000180. The number of benzene rings is 1. The van der Waals surface area contributed by atoms with Crippen molar-refractivity contribution in [2.24, 2.45) is 0 Å². The molecule has 0 spiro atoms. The normalized spacial score (nSPS) is 20.8. The van der Waals surface area contributed by atoms with Crippen molar-refractivity contribution in [3.8, 4) is 0 Å². The highest BCUT2D eigenvalue weighted by atomic mass is 35.5. The van der Waals surface area contributed by atoms with E-state index in [0.717, 1.165) is 19.6 Å². The summed E-state index contributed by atoms with van der Waals surface area (Å²) in [6, 6.07) is 9.09. The maximum Gasteiger partial charge on any atom is 0.179 e. The van der Waals surface area contributed by atoms with Crippen LogP contribution in [0.3, 0.4) is 0 Å². The fourth-order valence-electron chi connectivity index (χ4n) is 2.20. The van der Waals surface area contributed by atoms with Crippen LogP contribution >= 0.6 is 12.4 Å². The molecule has 1 aromatic carbocycles. The number of nitrogens with zero attached hydrogens (tertiary/aromatic N) is 1. The molecule has 4 nitrogen and oxygen atoms in total. The van der Waals surface area contributed by atoms with Gasteiger partial charge >= 0.3 is 0 Å². The van der Waals surface area contributed by atoms with Gasteiger partial charge in [-0.25, -0.2) is 8.42 Å². The van der Waals surface area contributed by atoms with Crippen LogP contribution in [0.15, 0.2) is 35.2 Å². The molecule has 1 N–H and O–H groups in total. The van der Waals surface area contributed by atoms with Crippen LogP contribution in [0.1, 0.15) is 6.92 Å². The van der Waals surface area contributed by atoms with Crippen molar-refractivity contribution in [2.45, 2.75) is 17.9 Å². The van der Waals surface area contributed by atoms with E-state index >= 15 is 0 Å². The number of sulfone groups is 1. The fraction of sp³-hybridized carbons (Fsp3) is 0.538. The van der Waals surface area contributed by atoms with Crippen molar-refractivity contribution >= 4 is 22.2 Å². The van der Waals surface area contributed by atoms with Crippen molar-refractivity contribution in [3.63, 3.8) is 0 Å². The van der Waals surface area contributed by atoms with Crippen LogP contribution in [0.4, 0.5) is 0 Å². The number of hydrogen-bond donors (Lipinski definition) is 1. The molecule has 0 bridgehead atoms. The highest BCUT2D eigenvalue weighted by molar-refractivity contribution is 7.91. The second kappa shape index (κ2) is 7.24. The van der Waals surface area contributed by atoms with Crippen LogP contribution in [-0.2, 0) is 9.84 Å². The molecule has 1 saturated heterocycles. The SMILES string of the molecule is C[C@H]1CNCCN1CCS(=O)(=O)c1ccccc1.Cl. The van der Waals surface area contributed by atoms with Gasteiger partial charge in [0.2, 0.25) is 0 Å². The molecule has 0 saturated carbocycles. The molecule has 1 fully saturated rings. The predicted octanol–water partition coefficient (Wildman–Crippen LogP) is 1.18. The van der Waals surface area contributed by atoms with Gasteiger partial charge in [0.15, 0.2) is 9.84 Å².